The zero-order valence-electron chi connectivity index (χ0n) is 87.9. The summed E-state index contributed by atoms with van der Waals surface area (Å²) in [6.07, 6.45) is 9.71. The molecule has 10 aromatic heterocycles. The molecule has 0 aliphatic carbocycles. The topological polar surface area (TPSA) is 85.1 Å². The number of benzene rings is 15. The van der Waals surface area contributed by atoms with E-state index in [2.05, 4.69) is 229 Å². The first-order valence-electron chi connectivity index (χ1n) is 50.5. The van der Waals surface area contributed by atoms with Crippen molar-refractivity contribution in [1.29, 1.82) is 0 Å². The van der Waals surface area contributed by atoms with Gasteiger partial charge >= 0.3 is 0 Å². The molecule has 0 fully saturated rings. The van der Waals surface area contributed by atoms with Gasteiger partial charge in [0.25, 0.3) is 28.5 Å². The normalized spacial score (nSPS) is 13.4. The van der Waals surface area contributed by atoms with Crippen molar-refractivity contribution in [1.82, 2.24) is 0 Å². The zero-order valence-corrected chi connectivity index (χ0v) is 75.9. The monoisotopic (exact) mass is 1730 g/mol. The van der Waals surface area contributed by atoms with E-state index in [4.69, 9.17) is 38.5 Å². The van der Waals surface area contributed by atoms with Gasteiger partial charge in [0.2, 0.25) is 27.9 Å². The molecular formula is C122H104N5O5+5. The van der Waals surface area contributed by atoms with Crippen LogP contribution in [0.2, 0.25) is 0 Å². The van der Waals surface area contributed by atoms with Crippen LogP contribution in [0.3, 0.4) is 0 Å². The van der Waals surface area contributed by atoms with Crippen molar-refractivity contribution in [3.8, 4) is 56.3 Å². The minimum atomic E-state index is -2.34. The highest BCUT2D eigenvalue weighted by atomic mass is 16.3. The number of furan rings is 5. The number of rotatable bonds is 5. The van der Waals surface area contributed by atoms with E-state index >= 15 is 0 Å². The van der Waals surface area contributed by atoms with Crippen LogP contribution in [0.1, 0.15) is 83.2 Å². The van der Waals surface area contributed by atoms with E-state index in [1.54, 1.807) is 54.3 Å². The largest absolute Gasteiger partial charge is 0.448 e. The SMILES string of the molecule is Cc1ccc(-c2c3oc4c5ccccc5ccc4c3c(C)c[n+]2C)c(C)c1.Cc1ccc2c(ccc3c4cc[n+](C)c(-c5ccccc5C)c4oc23)c1.[2H]C([2H])([2H])c1c[n+](C)c(-c2ccccc2C)c2oc3c4ccccc4ccc3c12.[2H]C([2H])([2H])c1ccc(-c2c3oc4c5ccccc5ccc4c3c(C([2H])([2H])[2H])c[n+]2C)c(C)c1.[2H]C([2H])([2H])c1ccc(-c2c3oc4c5ccccc5ccc4c3cc[n+]2C)c(C)c1. The third-order valence-electron chi connectivity index (χ3n) is 26.4. The van der Waals surface area contributed by atoms with Gasteiger partial charge in [0.05, 0.1) is 27.8 Å². The molecule has 0 N–H and O–H groups in total. The number of aryl methyl sites for hydroxylation is 17. The lowest BCUT2D eigenvalue weighted by molar-refractivity contribution is -0.659. The highest BCUT2D eigenvalue weighted by Crippen LogP contribution is 2.46. The molecule has 0 amide bonds. The second kappa shape index (κ2) is 33.1. The molecular weight excluding hydrogens is 1620 g/mol. The molecule has 0 bridgehead atoms. The lowest BCUT2D eigenvalue weighted by Gasteiger charge is -2.07. The Balaban J connectivity index is 0.000000106. The van der Waals surface area contributed by atoms with Gasteiger partial charge in [-0.1, -0.05) is 241 Å². The van der Waals surface area contributed by atoms with E-state index in [0.717, 1.165) is 149 Å². The van der Waals surface area contributed by atoms with E-state index in [-0.39, 0.29) is 11.1 Å². The number of hydrogen-bond donors (Lipinski definition) is 0. The second-order valence-electron chi connectivity index (χ2n) is 35.3. The van der Waals surface area contributed by atoms with Crippen LogP contribution in [0.15, 0.2) is 344 Å². The van der Waals surface area contributed by atoms with Crippen molar-refractivity contribution in [3.63, 3.8) is 0 Å². The third kappa shape index (κ3) is 14.2. The molecule has 15 aromatic carbocycles. The minimum absolute atomic E-state index is 0.217. The van der Waals surface area contributed by atoms with Crippen molar-refractivity contribution >= 4 is 164 Å². The Morgan fingerprint density at radius 1 is 0.189 bits per heavy atom. The van der Waals surface area contributed by atoms with Crippen LogP contribution in [0, 0.1) is 82.8 Å². The second-order valence-corrected chi connectivity index (χ2v) is 35.3. The Kier molecular flexibility index (Phi) is 17.7. The third-order valence-corrected chi connectivity index (χ3v) is 26.4. The predicted octanol–water partition coefficient (Wildman–Crippen LogP) is 29.9. The molecule has 10 heteroatoms. The molecule has 25 aromatic rings. The standard InChI is InChI=1S/2C25H22NO.3C24H20NO/c2*1-15-9-11-19(16(2)13-15)23-25-22(17(3)14-26(23)4)21-12-10-18-7-5-6-8-20(18)24(21)27-25;1-15-8-4-6-10-18(15)22-24-21(16(2)14-25(22)3)20-13-12-17-9-5-7-11-19(17)23(20)26-24;1-15-8-10-18(16(2)14-15)22-24-21(12-13-25(22)3)20-11-9-17-6-4-5-7-19(17)23(20)26-24;1-15-8-10-19-17(14-15)9-11-20-21-12-13-25(3)22(24(21)26-23(19)20)18-7-5-4-6-16(18)2/h2*5-14H,1-4H3;3*4-14H,1-3H3/q5*+1/i1D3,3D3;;2D3;1D3;. The van der Waals surface area contributed by atoms with Gasteiger partial charge in [-0.05, 0) is 198 Å². The maximum absolute atomic E-state index is 8.16. The van der Waals surface area contributed by atoms with Gasteiger partial charge in [0.15, 0.2) is 31.0 Å². The van der Waals surface area contributed by atoms with E-state index in [0.29, 0.717) is 44.3 Å². The zero-order chi connectivity index (χ0) is 101. The van der Waals surface area contributed by atoms with Crippen LogP contribution in [0.5, 0.6) is 0 Å². The number of hydrogen-bond acceptors (Lipinski definition) is 5. The van der Waals surface area contributed by atoms with Crippen molar-refractivity contribution < 1.29 is 61.4 Å². The fourth-order valence-corrected chi connectivity index (χ4v) is 20.0. The maximum atomic E-state index is 8.16. The Bertz CT molecular complexity index is 9600. The van der Waals surface area contributed by atoms with Crippen LogP contribution >= 0.6 is 0 Å². The lowest BCUT2D eigenvalue weighted by atomic mass is 9.99. The lowest BCUT2D eigenvalue weighted by Crippen LogP contribution is -2.31. The number of nitrogens with zero attached hydrogens (tertiary/aromatic N) is 5. The molecule has 0 saturated carbocycles. The highest BCUT2D eigenvalue weighted by Gasteiger charge is 2.31. The number of aromatic nitrogens is 5. The first-order valence-corrected chi connectivity index (χ1v) is 44.5. The Hall–Kier alpha value is -15.7. The predicted molar refractivity (Wildman–Crippen MR) is 546 cm³/mol. The molecule has 0 aliphatic heterocycles. The van der Waals surface area contributed by atoms with Crippen LogP contribution in [0.4, 0.5) is 0 Å². The molecule has 25 rings (SSSR count). The average molecular weight is 1730 g/mol. The van der Waals surface area contributed by atoms with Gasteiger partial charge in [-0.3, -0.25) is 0 Å². The first kappa shape index (κ1) is 70.3. The Morgan fingerprint density at radius 2 is 0.462 bits per heavy atom. The van der Waals surface area contributed by atoms with Crippen LogP contribution < -0.4 is 22.8 Å². The molecule has 0 saturated heterocycles. The van der Waals surface area contributed by atoms with E-state index in [9.17, 15) is 0 Å². The summed E-state index contributed by atoms with van der Waals surface area (Å²) in [4.78, 5) is 0. The summed E-state index contributed by atoms with van der Waals surface area (Å²) in [5, 5.41) is 20.6. The van der Waals surface area contributed by atoms with Crippen LogP contribution in [-0.4, -0.2) is 0 Å². The molecule has 0 radical (unpaired) electrons. The van der Waals surface area contributed by atoms with Gasteiger partial charge in [-0.2, -0.15) is 22.8 Å². The fourth-order valence-electron chi connectivity index (χ4n) is 20.0. The van der Waals surface area contributed by atoms with Crippen molar-refractivity contribution in [2.24, 2.45) is 35.2 Å². The van der Waals surface area contributed by atoms with Crippen LogP contribution in [-0.2, 0) is 35.2 Å². The van der Waals surface area contributed by atoms with Gasteiger partial charge in [0.1, 0.15) is 63.2 Å². The smallest absolute Gasteiger partial charge is 0.256 e. The summed E-state index contributed by atoms with van der Waals surface area (Å²) < 4.78 is 137. The van der Waals surface area contributed by atoms with Crippen molar-refractivity contribution in [2.45, 2.75) is 82.8 Å². The summed E-state index contributed by atoms with van der Waals surface area (Å²) in [5.74, 6) is 0. The van der Waals surface area contributed by atoms with Gasteiger partial charge in [-0.15, -0.1) is 0 Å². The van der Waals surface area contributed by atoms with E-state index in [1.807, 2.05) is 152 Å². The maximum Gasteiger partial charge on any atom is 0.256 e. The molecule has 10 nitrogen and oxygen atoms in total. The highest BCUT2D eigenvalue weighted by molar-refractivity contribution is 6.22. The summed E-state index contributed by atoms with van der Waals surface area (Å²) in [7, 11) is 9.83. The van der Waals surface area contributed by atoms with E-state index < -0.39 is 27.4 Å². The average Bonchev–Trinajstić information content (AvgIpc) is 1.30. The molecule has 0 unspecified atom stereocenters. The Labute approximate surface area is 783 Å². The van der Waals surface area contributed by atoms with Gasteiger partial charge < -0.3 is 22.1 Å². The van der Waals surface area contributed by atoms with E-state index in [1.165, 1.54) is 82.0 Å². The molecule has 132 heavy (non-hydrogen) atoms. The minimum Gasteiger partial charge on any atom is -0.448 e. The van der Waals surface area contributed by atoms with Gasteiger partial charge in [-0.25, -0.2) is 0 Å². The summed E-state index contributed by atoms with van der Waals surface area (Å²) in [6.45, 7) is 7.69. The van der Waals surface area contributed by atoms with Crippen molar-refractivity contribution in [3.05, 3.63) is 389 Å². The number of pyridine rings is 5. The summed E-state index contributed by atoms with van der Waals surface area (Å²) >= 11 is 0. The quantitative estimate of drug-likeness (QED) is 0.160. The molecule has 0 aliphatic rings. The fraction of sp³-hybridized carbons (Fsp3) is 0.139. The molecule has 0 spiro atoms. The van der Waals surface area contributed by atoms with Crippen LogP contribution in [0.25, 0.3) is 220 Å². The Morgan fingerprint density at radius 3 is 0.841 bits per heavy atom. The molecule has 642 valence electrons. The first-order chi connectivity index (χ1) is 68.8. The van der Waals surface area contributed by atoms with Gasteiger partial charge in [0, 0.05) is 126 Å². The molecule has 0 atom stereocenters. The summed E-state index contributed by atoms with van der Waals surface area (Å²) in [5.41, 5.74) is 28.2. The van der Waals surface area contributed by atoms with Crippen molar-refractivity contribution in [2.75, 3.05) is 0 Å². The summed E-state index contributed by atoms with van der Waals surface area (Å²) in [6, 6.07) is 97.7. The number of fused-ring (bicyclic) bond motifs is 25. The molecule has 10 heterocycles.